The molecule has 0 saturated carbocycles. The number of hydrogen-bond acceptors (Lipinski definition) is 3. The summed E-state index contributed by atoms with van der Waals surface area (Å²) >= 11 is 5.04. The first kappa shape index (κ1) is 15.2. The lowest BCUT2D eigenvalue weighted by molar-refractivity contribution is -0.0897. The fourth-order valence-electron chi connectivity index (χ4n) is 2.76. The Bertz CT molecular complexity index is 785. The van der Waals surface area contributed by atoms with Gasteiger partial charge in [0.2, 0.25) is 0 Å². The van der Waals surface area contributed by atoms with Crippen molar-refractivity contribution in [1.29, 1.82) is 0 Å². The molecule has 3 rings (SSSR count). The van der Waals surface area contributed by atoms with Crippen LogP contribution in [0.1, 0.15) is 30.6 Å². The number of hydrogen-bond donors (Lipinski definition) is 2. The van der Waals surface area contributed by atoms with Crippen LogP contribution in [0.2, 0.25) is 0 Å². The molecule has 2 aromatic rings. The summed E-state index contributed by atoms with van der Waals surface area (Å²) in [5.41, 5.74) is 0.981. The van der Waals surface area contributed by atoms with Gasteiger partial charge in [-0.2, -0.15) is 0 Å². The Morgan fingerprint density at radius 2 is 2.27 bits per heavy atom. The van der Waals surface area contributed by atoms with Gasteiger partial charge in [-0.15, -0.1) is 0 Å². The van der Waals surface area contributed by atoms with E-state index in [9.17, 15) is 9.18 Å². The van der Waals surface area contributed by atoms with Crippen LogP contribution in [-0.2, 0) is 4.74 Å². The molecule has 7 heteroatoms. The maximum absolute atomic E-state index is 13.8. The number of carbonyl (C=O) groups excluding carboxylic acids is 1. The molecule has 1 saturated heterocycles. The van der Waals surface area contributed by atoms with E-state index in [1.165, 1.54) is 12.1 Å². The van der Waals surface area contributed by atoms with Crippen molar-refractivity contribution in [3.63, 3.8) is 0 Å². The molecule has 1 unspecified atom stereocenters. The van der Waals surface area contributed by atoms with Crippen LogP contribution in [0.25, 0.3) is 11.0 Å². The van der Waals surface area contributed by atoms with E-state index >= 15 is 0 Å². The van der Waals surface area contributed by atoms with Gasteiger partial charge < -0.3 is 19.6 Å². The van der Waals surface area contributed by atoms with Crippen LogP contribution in [0.5, 0.6) is 0 Å². The highest BCUT2D eigenvalue weighted by Gasteiger charge is 2.33. The lowest BCUT2D eigenvalue weighted by Gasteiger charge is -2.40. The third-order valence-corrected chi connectivity index (χ3v) is 4.40. The fraction of sp³-hybridized carbons (Fsp3) is 0.467. The SMILES string of the molecule is CCC1(C)CN(C(=O)c2cc(F)cc3[nH]c(=S)[nH]c23)CCO1. The Morgan fingerprint density at radius 1 is 1.50 bits per heavy atom. The second-order valence-corrected chi connectivity index (χ2v) is 6.24. The Kier molecular flexibility index (Phi) is 3.78. The summed E-state index contributed by atoms with van der Waals surface area (Å²) in [5, 5.41) is 0. The van der Waals surface area contributed by atoms with E-state index in [1.807, 2.05) is 13.8 Å². The normalized spacial score (nSPS) is 22.2. The van der Waals surface area contributed by atoms with E-state index in [1.54, 1.807) is 4.90 Å². The van der Waals surface area contributed by atoms with Gasteiger partial charge in [-0.1, -0.05) is 6.92 Å². The molecule has 118 valence electrons. The maximum Gasteiger partial charge on any atom is 0.256 e. The smallest absolute Gasteiger partial charge is 0.256 e. The number of benzene rings is 1. The Hall–Kier alpha value is -1.73. The van der Waals surface area contributed by atoms with E-state index in [0.29, 0.717) is 41.1 Å². The minimum absolute atomic E-state index is 0.210. The minimum Gasteiger partial charge on any atom is -0.372 e. The molecule has 22 heavy (non-hydrogen) atoms. The predicted octanol–water partition coefficient (Wildman–Crippen LogP) is 3.01. The Morgan fingerprint density at radius 3 is 3.00 bits per heavy atom. The number of halogens is 1. The molecule has 2 heterocycles. The lowest BCUT2D eigenvalue weighted by Crippen LogP contribution is -2.51. The molecule has 1 aromatic carbocycles. The fourth-order valence-corrected chi connectivity index (χ4v) is 2.98. The van der Waals surface area contributed by atoms with Crippen LogP contribution in [0.15, 0.2) is 12.1 Å². The quantitative estimate of drug-likeness (QED) is 0.835. The summed E-state index contributed by atoms with van der Waals surface area (Å²) in [7, 11) is 0. The largest absolute Gasteiger partial charge is 0.372 e. The Labute approximate surface area is 132 Å². The predicted molar refractivity (Wildman–Crippen MR) is 84.0 cm³/mol. The topological polar surface area (TPSA) is 61.1 Å². The van der Waals surface area contributed by atoms with Crippen molar-refractivity contribution >= 4 is 29.2 Å². The number of nitrogens with zero attached hydrogens (tertiary/aromatic N) is 1. The third-order valence-electron chi connectivity index (χ3n) is 4.19. The van der Waals surface area contributed by atoms with Crippen LogP contribution in [0.4, 0.5) is 4.39 Å². The number of ether oxygens (including phenoxy) is 1. The van der Waals surface area contributed by atoms with Gasteiger partial charge in [0.1, 0.15) is 5.82 Å². The van der Waals surface area contributed by atoms with Crippen LogP contribution in [0.3, 0.4) is 0 Å². The number of nitrogens with one attached hydrogen (secondary N) is 2. The van der Waals surface area contributed by atoms with Gasteiger partial charge in [0.25, 0.3) is 5.91 Å². The number of aromatic amines is 2. The first-order chi connectivity index (χ1) is 10.4. The highest BCUT2D eigenvalue weighted by atomic mass is 32.1. The zero-order valence-electron chi connectivity index (χ0n) is 12.5. The monoisotopic (exact) mass is 323 g/mol. The summed E-state index contributed by atoms with van der Waals surface area (Å²) in [5.74, 6) is -0.676. The van der Waals surface area contributed by atoms with Gasteiger partial charge in [0.05, 0.1) is 28.8 Å². The first-order valence-electron chi connectivity index (χ1n) is 7.27. The van der Waals surface area contributed by atoms with E-state index in [4.69, 9.17) is 17.0 Å². The Balaban J connectivity index is 2.00. The van der Waals surface area contributed by atoms with Crippen molar-refractivity contribution in [2.24, 2.45) is 0 Å². The summed E-state index contributed by atoms with van der Waals surface area (Å²) < 4.78 is 19.9. The van der Waals surface area contributed by atoms with Gasteiger partial charge in [-0.3, -0.25) is 4.79 Å². The maximum atomic E-state index is 13.8. The van der Waals surface area contributed by atoms with Gasteiger partial charge in [-0.25, -0.2) is 4.39 Å². The highest BCUT2D eigenvalue weighted by molar-refractivity contribution is 7.71. The van der Waals surface area contributed by atoms with Crippen LogP contribution in [-0.4, -0.2) is 46.1 Å². The average molecular weight is 323 g/mol. The number of fused-ring (bicyclic) bond motifs is 1. The summed E-state index contributed by atoms with van der Waals surface area (Å²) in [4.78, 5) is 20.3. The minimum atomic E-state index is -0.465. The molecule has 1 aliphatic rings. The number of rotatable bonds is 2. The van der Waals surface area contributed by atoms with E-state index in [2.05, 4.69) is 9.97 Å². The van der Waals surface area contributed by atoms with Crippen LogP contribution < -0.4 is 0 Å². The van der Waals surface area contributed by atoms with Gasteiger partial charge in [0, 0.05) is 13.1 Å². The zero-order chi connectivity index (χ0) is 15.9. The molecule has 1 aromatic heterocycles. The second-order valence-electron chi connectivity index (χ2n) is 5.83. The van der Waals surface area contributed by atoms with Gasteiger partial charge in [-0.05, 0) is 37.7 Å². The molecule has 2 N–H and O–H groups in total. The zero-order valence-corrected chi connectivity index (χ0v) is 13.3. The summed E-state index contributed by atoms with van der Waals surface area (Å²) in [6, 6.07) is 2.58. The summed E-state index contributed by atoms with van der Waals surface area (Å²) in [6.07, 6.45) is 0.807. The molecule has 0 radical (unpaired) electrons. The molecule has 1 aliphatic heterocycles. The number of carbonyl (C=O) groups is 1. The van der Waals surface area contributed by atoms with Crippen molar-refractivity contribution in [1.82, 2.24) is 14.9 Å². The number of morpholine rings is 1. The van der Waals surface area contributed by atoms with Crippen molar-refractivity contribution in [3.05, 3.63) is 28.3 Å². The third kappa shape index (κ3) is 2.66. The second kappa shape index (κ2) is 5.48. The van der Waals surface area contributed by atoms with Crippen molar-refractivity contribution in [2.45, 2.75) is 25.9 Å². The molecule has 1 fully saturated rings. The summed E-state index contributed by atoms with van der Waals surface area (Å²) in [6.45, 7) is 5.48. The van der Waals surface area contributed by atoms with Gasteiger partial charge in [0.15, 0.2) is 4.77 Å². The van der Waals surface area contributed by atoms with E-state index in [0.717, 1.165) is 6.42 Å². The molecular formula is C15H18FN3O2S. The first-order valence-corrected chi connectivity index (χ1v) is 7.67. The number of aromatic nitrogens is 2. The lowest BCUT2D eigenvalue weighted by atomic mass is 10.00. The molecule has 5 nitrogen and oxygen atoms in total. The van der Waals surface area contributed by atoms with Gasteiger partial charge >= 0.3 is 0 Å². The molecular weight excluding hydrogens is 305 g/mol. The van der Waals surface area contributed by atoms with Crippen molar-refractivity contribution in [3.8, 4) is 0 Å². The molecule has 1 atom stereocenters. The highest BCUT2D eigenvalue weighted by Crippen LogP contribution is 2.25. The van der Waals surface area contributed by atoms with Crippen LogP contribution in [0, 0.1) is 10.6 Å². The van der Waals surface area contributed by atoms with E-state index < -0.39 is 5.82 Å². The average Bonchev–Trinajstić information content (AvgIpc) is 2.85. The van der Waals surface area contributed by atoms with Crippen LogP contribution >= 0.6 is 12.2 Å². The van der Waals surface area contributed by atoms with Crippen molar-refractivity contribution in [2.75, 3.05) is 19.7 Å². The molecule has 0 bridgehead atoms. The van der Waals surface area contributed by atoms with E-state index in [-0.39, 0.29) is 11.5 Å². The molecule has 0 aliphatic carbocycles. The molecule has 0 spiro atoms. The number of imidazole rings is 1. The molecule has 1 amide bonds. The van der Waals surface area contributed by atoms with Crippen molar-refractivity contribution < 1.29 is 13.9 Å². The number of amides is 1. The number of H-pyrrole nitrogens is 2. The standard InChI is InChI=1S/C15H18FN3O2S/c1-3-15(2)8-19(4-5-21-15)13(20)10-6-9(16)7-11-12(10)18-14(22)17-11/h6-7H,3-5,8H2,1-2H3,(H2,17,18,22).